The van der Waals surface area contributed by atoms with Gasteiger partial charge in [-0.3, -0.25) is 0 Å². The Kier molecular flexibility index (Phi) is 6.80. The van der Waals surface area contributed by atoms with Gasteiger partial charge in [-0.1, -0.05) is 53.5 Å². The lowest BCUT2D eigenvalue weighted by Crippen LogP contribution is -2.63. The van der Waals surface area contributed by atoms with E-state index >= 15 is 0 Å². The molecule has 0 saturated heterocycles. The number of fused-ring (bicyclic) bond motifs is 1. The Morgan fingerprint density at radius 2 is 1.73 bits per heavy atom. The van der Waals surface area contributed by atoms with Crippen LogP contribution in [0.3, 0.4) is 0 Å². The molecule has 2 aliphatic carbocycles. The first-order valence-electron chi connectivity index (χ1n) is 11.6. The van der Waals surface area contributed by atoms with Crippen molar-refractivity contribution in [3.63, 3.8) is 0 Å². The molecule has 0 aliphatic heterocycles. The zero-order chi connectivity index (χ0) is 23.5. The Morgan fingerprint density at radius 1 is 1.20 bits per heavy atom. The smallest absolute Gasteiger partial charge is 0.192 e. The molecule has 2 N–H and O–H groups in total. The predicted molar refractivity (Wildman–Crippen MR) is 134 cm³/mol. The molecule has 0 amide bonds. The van der Waals surface area contributed by atoms with Crippen molar-refractivity contribution in [2.45, 2.75) is 103 Å². The second-order valence-corrected chi connectivity index (χ2v) is 22.1. The first kappa shape index (κ1) is 25.9. The summed E-state index contributed by atoms with van der Waals surface area (Å²) in [5, 5.41) is 0.0866. The lowest BCUT2D eigenvalue weighted by atomic mass is 9.66. The summed E-state index contributed by atoms with van der Waals surface area (Å²) >= 11 is 0. The minimum Gasteiger partial charge on any atom is -0.412 e. The molecular weight excluding hydrogens is 402 g/mol. The first-order chi connectivity index (χ1) is 13.4. The highest BCUT2D eigenvalue weighted by Gasteiger charge is 2.72. The van der Waals surface area contributed by atoms with E-state index in [4.69, 9.17) is 21.0 Å². The van der Waals surface area contributed by atoms with E-state index in [-0.39, 0.29) is 34.4 Å². The number of hydrogen-bond donors (Lipinski definition) is 1. The Hall–Kier alpha value is -0.386. The summed E-state index contributed by atoms with van der Waals surface area (Å²) in [7, 11) is -4.00. The van der Waals surface area contributed by atoms with Crippen LogP contribution in [-0.2, 0) is 8.85 Å². The van der Waals surface area contributed by atoms with Crippen LogP contribution in [0.15, 0.2) is 12.7 Å². The van der Waals surface area contributed by atoms with E-state index in [9.17, 15) is 0 Å². The molecule has 0 aromatic heterocycles. The van der Waals surface area contributed by atoms with Crippen molar-refractivity contribution in [1.29, 1.82) is 0 Å². The maximum absolute atomic E-state index is 7.09. The lowest BCUT2D eigenvalue weighted by molar-refractivity contribution is -0.0819. The quantitative estimate of drug-likeness (QED) is 0.293. The summed E-state index contributed by atoms with van der Waals surface area (Å²) in [5.41, 5.74) is 6.31. The van der Waals surface area contributed by atoms with Crippen LogP contribution < -0.4 is 5.73 Å². The summed E-state index contributed by atoms with van der Waals surface area (Å²) < 4.78 is 14.0. The fourth-order valence-electron chi connectivity index (χ4n) is 5.54. The molecule has 0 bridgehead atoms. The van der Waals surface area contributed by atoms with Crippen LogP contribution in [0.2, 0.25) is 37.8 Å². The second-order valence-electron chi connectivity index (χ2n) is 12.9. The van der Waals surface area contributed by atoms with Crippen molar-refractivity contribution in [1.82, 2.24) is 0 Å². The Morgan fingerprint density at radius 3 is 2.13 bits per heavy atom. The zero-order valence-corrected chi connectivity index (χ0v) is 23.4. The largest absolute Gasteiger partial charge is 0.412 e. The van der Waals surface area contributed by atoms with E-state index in [1.54, 1.807) is 0 Å². The highest BCUT2D eigenvalue weighted by atomic mass is 28.4. The van der Waals surface area contributed by atoms with E-state index in [0.29, 0.717) is 11.8 Å². The van der Waals surface area contributed by atoms with Gasteiger partial charge in [0, 0.05) is 12.0 Å². The zero-order valence-electron chi connectivity index (χ0n) is 21.4. The molecule has 0 heterocycles. The minimum atomic E-state index is -2.08. The molecule has 2 aliphatic rings. The maximum Gasteiger partial charge on any atom is 0.192 e. The van der Waals surface area contributed by atoms with Gasteiger partial charge < -0.3 is 14.6 Å². The van der Waals surface area contributed by atoms with Gasteiger partial charge >= 0.3 is 0 Å². The molecule has 0 aromatic rings. The molecule has 2 fully saturated rings. The molecule has 0 spiro atoms. The third-order valence-corrected chi connectivity index (χ3v) is 13.7. The van der Waals surface area contributed by atoms with Crippen LogP contribution in [0.5, 0.6) is 0 Å². The van der Waals surface area contributed by atoms with E-state index < -0.39 is 22.2 Å². The Balaban J connectivity index is 2.65. The average Bonchev–Trinajstić information content (AvgIpc) is 3.10. The standard InChI is InChI=1S/C25H47NO2Si2/c1-14-19(26)22(27-30(12,13)23(4,5)6)21-20-18(24(20,7)8)16-17(3)25(21,15-2)28-29(9,10)11/h2,14,17-22H,1,16,26H2,3-13H3/t17-,18-,19-,20-,21-,22?,25-/m1/s1. The van der Waals surface area contributed by atoms with Crippen molar-refractivity contribution < 1.29 is 8.85 Å². The molecule has 0 aromatic carbocycles. The van der Waals surface area contributed by atoms with Crippen LogP contribution in [0, 0.1) is 41.4 Å². The van der Waals surface area contributed by atoms with Gasteiger partial charge in [-0.15, -0.1) is 13.0 Å². The number of hydrogen-bond acceptors (Lipinski definition) is 3. The van der Waals surface area contributed by atoms with Crippen LogP contribution >= 0.6 is 0 Å². The van der Waals surface area contributed by atoms with E-state index in [0.717, 1.165) is 6.42 Å². The minimum absolute atomic E-state index is 0.0695. The normalized spacial score (nSPS) is 35.7. The molecule has 172 valence electrons. The predicted octanol–water partition coefficient (Wildman–Crippen LogP) is 6.04. The van der Waals surface area contributed by atoms with Gasteiger partial charge in [0.2, 0.25) is 0 Å². The van der Waals surface area contributed by atoms with Gasteiger partial charge in [-0.25, -0.2) is 0 Å². The number of rotatable bonds is 7. The summed E-state index contributed by atoms with van der Waals surface area (Å²) in [4.78, 5) is 0. The highest BCUT2D eigenvalue weighted by Crippen LogP contribution is 2.71. The Labute approximate surface area is 188 Å². The van der Waals surface area contributed by atoms with Gasteiger partial charge in [-0.05, 0) is 67.4 Å². The van der Waals surface area contributed by atoms with Gasteiger partial charge in [-0.2, -0.15) is 0 Å². The maximum atomic E-state index is 7.09. The van der Waals surface area contributed by atoms with Gasteiger partial charge in [0.05, 0.1) is 6.10 Å². The van der Waals surface area contributed by atoms with Crippen LogP contribution in [-0.4, -0.2) is 34.4 Å². The van der Waals surface area contributed by atoms with E-state index in [2.05, 4.69) is 86.8 Å². The Bertz CT molecular complexity index is 697. The van der Waals surface area contributed by atoms with Gasteiger partial charge in [0.1, 0.15) is 5.60 Å². The molecule has 1 unspecified atom stereocenters. The monoisotopic (exact) mass is 449 g/mol. The SMILES string of the molecule is C#C[C@@]1(O[Si](C)(C)C)[C@H](C)C[C@@H]2[C@H]([C@@H]1C(O[Si](C)(C)C(C)(C)C)[C@H](N)C=C)C2(C)C. The topological polar surface area (TPSA) is 44.5 Å². The van der Waals surface area contributed by atoms with Crippen molar-refractivity contribution in [3.8, 4) is 12.3 Å². The molecular formula is C25H47NO2Si2. The molecule has 30 heavy (non-hydrogen) atoms. The molecule has 2 saturated carbocycles. The number of terminal acetylenes is 1. The summed E-state index contributed by atoms with van der Waals surface area (Å²) in [5.74, 6) is 4.65. The second kappa shape index (κ2) is 7.88. The third-order valence-electron chi connectivity index (χ3n) is 8.30. The van der Waals surface area contributed by atoms with Crippen molar-refractivity contribution >= 4 is 16.6 Å². The van der Waals surface area contributed by atoms with Crippen molar-refractivity contribution in [2.75, 3.05) is 0 Å². The van der Waals surface area contributed by atoms with Crippen molar-refractivity contribution in [3.05, 3.63) is 12.7 Å². The van der Waals surface area contributed by atoms with Gasteiger partial charge in [0.15, 0.2) is 16.6 Å². The summed E-state index contributed by atoms with van der Waals surface area (Å²) in [6.07, 6.45) is 9.13. The van der Waals surface area contributed by atoms with E-state index in [1.165, 1.54) is 0 Å². The fourth-order valence-corrected chi connectivity index (χ4v) is 8.28. The van der Waals surface area contributed by atoms with Gasteiger partial charge in [0.25, 0.3) is 0 Å². The van der Waals surface area contributed by atoms with Crippen LogP contribution in [0.4, 0.5) is 0 Å². The average molecular weight is 450 g/mol. The third kappa shape index (κ3) is 4.41. The fraction of sp³-hybridized carbons (Fsp3) is 0.840. The molecule has 2 rings (SSSR count). The molecule has 0 radical (unpaired) electrons. The number of nitrogens with two attached hydrogens (primary N) is 1. The molecule has 7 atom stereocenters. The highest BCUT2D eigenvalue weighted by molar-refractivity contribution is 6.74. The van der Waals surface area contributed by atoms with Crippen LogP contribution in [0.1, 0.15) is 48.0 Å². The molecule has 3 nitrogen and oxygen atoms in total. The lowest BCUT2D eigenvalue weighted by Gasteiger charge is -2.53. The first-order valence-corrected chi connectivity index (χ1v) is 17.9. The van der Waals surface area contributed by atoms with E-state index in [1.807, 2.05) is 6.08 Å². The van der Waals surface area contributed by atoms with Crippen LogP contribution in [0.25, 0.3) is 0 Å². The van der Waals surface area contributed by atoms with Crippen molar-refractivity contribution in [2.24, 2.45) is 34.8 Å². The summed E-state index contributed by atoms with van der Waals surface area (Å²) in [6, 6.07) is -0.274. The summed E-state index contributed by atoms with van der Waals surface area (Å²) in [6.45, 7) is 29.2. The molecule has 5 heteroatoms.